The number of aliphatic hydroxyl groups excluding tert-OH is 1. The Morgan fingerprint density at radius 1 is 1.35 bits per heavy atom. The summed E-state index contributed by atoms with van der Waals surface area (Å²) in [5, 5.41) is 10.2. The number of nitrogens with zero attached hydrogens (tertiary/aromatic N) is 2. The van der Waals surface area contributed by atoms with Gasteiger partial charge in [-0.15, -0.1) is 0 Å². The molecule has 0 aliphatic carbocycles. The van der Waals surface area contributed by atoms with E-state index in [9.17, 15) is 9.90 Å². The second kappa shape index (κ2) is 6.19. The van der Waals surface area contributed by atoms with Crippen molar-refractivity contribution in [3.05, 3.63) is 23.0 Å². The Hall–Kier alpha value is -1.00. The van der Waals surface area contributed by atoms with Crippen LogP contribution >= 0.6 is 11.6 Å². The van der Waals surface area contributed by atoms with Crippen LogP contribution in [0.3, 0.4) is 0 Å². The Labute approximate surface area is 125 Å². The quantitative estimate of drug-likeness (QED) is 0.932. The van der Waals surface area contributed by atoms with E-state index < -0.39 is 0 Å². The zero-order valence-electron chi connectivity index (χ0n) is 12.3. The van der Waals surface area contributed by atoms with Crippen LogP contribution in [0.1, 0.15) is 50.1 Å². The van der Waals surface area contributed by atoms with Crippen molar-refractivity contribution in [2.45, 2.75) is 45.8 Å². The van der Waals surface area contributed by atoms with Crippen LogP contribution in [0.5, 0.6) is 0 Å². The number of hydrogen-bond acceptors (Lipinski definition) is 2. The van der Waals surface area contributed by atoms with E-state index in [-0.39, 0.29) is 18.1 Å². The number of piperidine rings is 1. The SMILES string of the molecule is CC(O)C1CCN(C(=O)c2cc(Cl)cn2C(C)C)CC1. The first-order valence-corrected chi connectivity index (χ1v) is 7.62. The number of likely N-dealkylation sites (tertiary alicyclic amines) is 1. The molecular weight excluding hydrogens is 276 g/mol. The highest BCUT2D eigenvalue weighted by molar-refractivity contribution is 6.31. The highest BCUT2D eigenvalue weighted by atomic mass is 35.5. The Bertz CT molecular complexity index is 474. The number of hydrogen-bond donors (Lipinski definition) is 1. The molecule has 112 valence electrons. The number of halogens is 1. The van der Waals surface area contributed by atoms with E-state index >= 15 is 0 Å². The monoisotopic (exact) mass is 298 g/mol. The molecule has 2 rings (SSSR count). The summed E-state index contributed by atoms with van der Waals surface area (Å²) < 4.78 is 1.92. The first kappa shape index (κ1) is 15.4. The van der Waals surface area contributed by atoms with Crippen LogP contribution in [0.2, 0.25) is 5.02 Å². The van der Waals surface area contributed by atoms with Crippen molar-refractivity contribution in [1.82, 2.24) is 9.47 Å². The van der Waals surface area contributed by atoms with Crippen LogP contribution in [-0.4, -0.2) is 39.7 Å². The molecule has 0 aromatic carbocycles. The first-order valence-electron chi connectivity index (χ1n) is 7.25. The lowest BCUT2D eigenvalue weighted by atomic mass is 9.92. The van der Waals surface area contributed by atoms with Gasteiger partial charge in [0.2, 0.25) is 0 Å². The third-order valence-electron chi connectivity index (χ3n) is 4.10. The van der Waals surface area contributed by atoms with Crippen molar-refractivity contribution in [2.75, 3.05) is 13.1 Å². The summed E-state index contributed by atoms with van der Waals surface area (Å²) in [5.74, 6) is 0.342. The van der Waals surface area contributed by atoms with Crippen molar-refractivity contribution < 1.29 is 9.90 Å². The molecule has 20 heavy (non-hydrogen) atoms. The Morgan fingerprint density at radius 2 is 1.95 bits per heavy atom. The standard InChI is InChI=1S/C15H23ClN2O2/c1-10(2)18-9-13(16)8-14(18)15(20)17-6-4-12(5-7-17)11(3)19/h8-12,19H,4-7H2,1-3H3. The van der Waals surface area contributed by atoms with E-state index in [1.165, 1.54) is 0 Å². The first-order chi connectivity index (χ1) is 9.40. The van der Waals surface area contributed by atoms with Gasteiger partial charge in [-0.3, -0.25) is 4.79 Å². The number of carbonyl (C=O) groups is 1. The van der Waals surface area contributed by atoms with E-state index in [0.717, 1.165) is 12.8 Å². The van der Waals surface area contributed by atoms with Crippen LogP contribution in [0.4, 0.5) is 0 Å². The van der Waals surface area contributed by atoms with Crippen LogP contribution in [0.25, 0.3) is 0 Å². The molecule has 0 saturated carbocycles. The summed E-state index contributed by atoms with van der Waals surface area (Å²) in [6.07, 6.45) is 3.24. The minimum Gasteiger partial charge on any atom is -0.393 e. The summed E-state index contributed by atoms with van der Waals surface area (Å²) in [5.41, 5.74) is 0.653. The van der Waals surface area contributed by atoms with Crippen molar-refractivity contribution in [3.8, 4) is 0 Å². The minimum absolute atomic E-state index is 0.0367. The van der Waals surface area contributed by atoms with E-state index in [1.807, 2.05) is 36.4 Å². The van der Waals surface area contributed by atoms with Gasteiger partial charge in [-0.1, -0.05) is 11.6 Å². The topological polar surface area (TPSA) is 45.5 Å². The third kappa shape index (κ3) is 3.18. The average molecular weight is 299 g/mol. The van der Waals surface area contributed by atoms with Crippen molar-refractivity contribution in [1.29, 1.82) is 0 Å². The molecule has 0 radical (unpaired) electrons. The van der Waals surface area contributed by atoms with Crippen molar-refractivity contribution in [3.63, 3.8) is 0 Å². The Balaban J connectivity index is 2.09. The summed E-state index contributed by atoms with van der Waals surface area (Å²) >= 11 is 6.03. The zero-order valence-corrected chi connectivity index (χ0v) is 13.1. The van der Waals surface area contributed by atoms with Gasteiger partial charge in [-0.05, 0) is 45.6 Å². The molecule has 1 fully saturated rings. The fourth-order valence-corrected chi connectivity index (χ4v) is 3.00. The van der Waals surface area contributed by atoms with E-state index in [4.69, 9.17) is 11.6 Å². The molecule has 0 bridgehead atoms. The molecule has 1 amide bonds. The van der Waals surface area contributed by atoms with Gasteiger partial charge in [0.05, 0.1) is 11.1 Å². The lowest BCUT2D eigenvalue weighted by molar-refractivity contribution is 0.0512. The number of carbonyl (C=O) groups excluding carboxylic acids is 1. The van der Waals surface area contributed by atoms with Crippen LogP contribution < -0.4 is 0 Å². The molecule has 1 saturated heterocycles. The third-order valence-corrected chi connectivity index (χ3v) is 4.31. The highest BCUT2D eigenvalue weighted by Gasteiger charge is 2.27. The molecule has 0 spiro atoms. The maximum atomic E-state index is 12.6. The maximum absolute atomic E-state index is 12.6. The molecule has 1 aliphatic heterocycles. The minimum atomic E-state index is -0.291. The van der Waals surface area contributed by atoms with Crippen LogP contribution in [0, 0.1) is 5.92 Å². The number of amides is 1. The Kier molecular flexibility index (Phi) is 4.76. The number of aromatic nitrogens is 1. The zero-order chi connectivity index (χ0) is 14.9. The lowest BCUT2D eigenvalue weighted by Crippen LogP contribution is -2.41. The average Bonchev–Trinajstić information content (AvgIpc) is 2.80. The summed E-state index contributed by atoms with van der Waals surface area (Å²) in [4.78, 5) is 14.5. The highest BCUT2D eigenvalue weighted by Crippen LogP contribution is 2.24. The van der Waals surface area contributed by atoms with Gasteiger partial charge in [-0.25, -0.2) is 0 Å². The maximum Gasteiger partial charge on any atom is 0.270 e. The molecule has 1 aliphatic rings. The largest absolute Gasteiger partial charge is 0.393 e. The molecule has 1 aromatic rings. The molecule has 1 unspecified atom stereocenters. The van der Waals surface area contributed by atoms with Gasteiger partial charge in [0, 0.05) is 25.3 Å². The van der Waals surface area contributed by atoms with E-state index in [0.29, 0.717) is 29.7 Å². The second-order valence-corrected chi connectivity index (χ2v) is 6.35. The van der Waals surface area contributed by atoms with Crippen LogP contribution in [0.15, 0.2) is 12.3 Å². The van der Waals surface area contributed by atoms with Gasteiger partial charge in [0.1, 0.15) is 5.69 Å². The number of rotatable bonds is 3. The molecule has 2 heterocycles. The molecular formula is C15H23ClN2O2. The molecule has 1 aromatic heterocycles. The van der Waals surface area contributed by atoms with Gasteiger partial charge in [-0.2, -0.15) is 0 Å². The smallest absolute Gasteiger partial charge is 0.270 e. The van der Waals surface area contributed by atoms with Crippen LogP contribution in [-0.2, 0) is 0 Å². The fourth-order valence-electron chi connectivity index (χ4n) is 2.79. The molecule has 4 nitrogen and oxygen atoms in total. The predicted octanol–water partition coefficient (Wildman–Crippen LogP) is 2.96. The van der Waals surface area contributed by atoms with E-state index in [2.05, 4.69) is 0 Å². The molecule has 1 N–H and O–H groups in total. The summed E-state index contributed by atoms with van der Waals surface area (Å²) in [6.45, 7) is 7.30. The number of aliphatic hydroxyl groups is 1. The van der Waals surface area contributed by atoms with Crippen molar-refractivity contribution in [2.24, 2.45) is 5.92 Å². The van der Waals surface area contributed by atoms with Gasteiger partial charge < -0.3 is 14.6 Å². The lowest BCUT2D eigenvalue weighted by Gasteiger charge is -2.33. The molecule has 5 heteroatoms. The molecule has 1 atom stereocenters. The summed E-state index contributed by atoms with van der Waals surface area (Å²) in [7, 11) is 0. The van der Waals surface area contributed by atoms with Gasteiger partial charge in [0.25, 0.3) is 5.91 Å². The fraction of sp³-hybridized carbons (Fsp3) is 0.667. The summed E-state index contributed by atoms with van der Waals surface area (Å²) in [6, 6.07) is 1.95. The Morgan fingerprint density at radius 3 is 2.45 bits per heavy atom. The van der Waals surface area contributed by atoms with E-state index in [1.54, 1.807) is 6.07 Å². The van der Waals surface area contributed by atoms with Crippen molar-refractivity contribution >= 4 is 17.5 Å². The van der Waals surface area contributed by atoms with Gasteiger partial charge >= 0.3 is 0 Å². The van der Waals surface area contributed by atoms with Gasteiger partial charge in [0.15, 0.2) is 0 Å². The predicted molar refractivity (Wildman–Crippen MR) is 80.1 cm³/mol. The normalized spacial score (nSPS) is 18.6. The second-order valence-electron chi connectivity index (χ2n) is 5.91.